The van der Waals surface area contributed by atoms with E-state index in [1.54, 1.807) is 13.2 Å². The van der Waals surface area contributed by atoms with E-state index in [9.17, 15) is 10.1 Å². The Labute approximate surface area is 128 Å². The number of nitrogens with zero attached hydrogens (tertiary/aromatic N) is 3. The zero-order valence-electron chi connectivity index (χ0n) is 10.8. The summed E-state index contributed by atoms with van der Waals surface area (Å²) < 4.78 is 13.3. The summed E-state index contributed by atoms with van der Waals surface area (Å²) in [6, 6.07) is 10.8. The van der Waals surface area contributed by atoms with Crippen LogP contribution in [0.3, 0.4) is 0 Å². The molecule has 1 heterocycles. The molecule has 0 fully saturated rings. The normalized spacial score (nSPS) is 10.7. The van der Waals surface area contributed by atoms with Crippen LogP contribution < -0.4 is 4.74 Å². The second-order valence-electron chi connectivity index (χ2n) is 4.08. The molecule has 0 saturated carbocycles. The van der Waals surface area contributed by atoms with Gasteiger partial charge in [-0.05, 0) is 30.3 Å². The highest BCUT2D eigenvalue weighted by atomic mass is 32.2. The molecular formula is C13H9N3O3S2. The van der Waals surface area contributed by atoms with E-state index in [-0.39, 0.29) is 5.69 Å². The highest BCUT2D eigenvalue weighted by Crippen LogP contribution is 2.36. The smallest absolute Gasteiger partial charge is 0.298 e. The third-order valence-corrected chi connectivity index (χ3v) is 4.43. The van der Waals surface area contributed by atoms with Crippen molar-refractivity contribution in [3.63, 3.8) is 0 Å². The molecule has 0 aliphatic heterocycles. The molecule has 0 aliphatic carbocycles. The predicted octanol–water partition coefficient (Wildman–Crippen LogP) is 3.76. The number of rotatable bonds is 4. The summed E-state index contributed by atoms with van der Waals surface area (Å²) in [6.07, 6.45) is 0. The second-order valence-corrected chi connectivity index (χ2v) is 5.72. The average molecular weight is 319 g/mol. The van der Waals surface area contributed by atoms with Crippen LogP contribution in [0.5, 0.6) is 5.75 Å². The lowest BCUT2D eigenvalue weighted by atomic mass is 10.3. The molecule has 3 rings (SSSR count). The molecule has 0 saturated heterocycles. The van der Waals surface area contributed by atoms with Crippen LogP contribution in [0.25, 0.3) is 11.0 Å². The molecule has 0 spiro atoms. The fourth-order valence-electron chi connectivity index (χ4n) is 1.83. The van der Waals surface area contributed by atoms with Crippen LogP contribution in [0.1, 0.15) is 0 Å². The fraction of sp³-hybridized carbons (Fsp3) is 0.0769. The minimum Gasteiger partial charge on any atom is -0.497 e. The molecule has 2 aromatic carbocycles. The summed E-state index contributed by atoms with van der Waals surface area (Å²) in [5.74, 6) is 0.781. The number of nitro groups is 1. The van der Waals surface area contributed by atoms with E-state index in [2.05, 4.69) is 8.75 Å². The molecule has 0 radical (unpaired) electrons. The molecule has 8 heteroatoms. The zero-order chi connectivity index (χ0) is 14.8. The summed E-state index contributed by atoms with van der Waals surface area (Å²) >= 11 is 2.46. The van der Waals surface area contributed by atoms with Crippen molar-refractivity contribution >= 4 is 40.2 Å². The quantitative estimate of drug-likeness (QED) is 0.538. The number of fused-ring (bicyclic) bond motifs is 1. The summed E-state index contributed by atoms with van der Waals surface area (Å²) in [5.41, 5.74) is 0.886. The Hall–Kier alpha value is -2.19. The molecule has 1 aromatic heterocycles. The van der Waals surface area contributed by atoms with Gasteiger partial charge in [-0.2, -0.15) is 8.75 Å². The third kappa shape index (κ3) is 2.67. The van der Waals surface area contributed by atoms with E-state index in [1.807, 2.05) is 24.3 Å². The number of ether oxygens (including phenoxy) is 1. The average Bonchev–Trinajstić information content (AvgIpc) is 2.98. The second kappa shape index (κ2) is 5.66. The van der Waals surface area contributed by atoms with Crippen LogP contribution >= 0.6 is 23.5 Å². The lowest BCUT2D eigenvalue weighted by molar-refractivity contribution is -0.383. The SMILES string of the molecule is COc1ccc(Sc2ccc([N+](=O)[O-])c3nsnc23)cc1. The number of nitro benzene ring substituents is 1. The standard InChI is InChI=1S/C13H9N3O3S2/c1-19-8-2-4-9(5-3-8)20-11-7-6-10(16(17)18)12-13(11)15-21-14-12/h2-7H,1H3. The maximum atomic E-state index is 11.0. The van der Waals surface area contributed by atoms with Gasteiger partial charge in [0.25, 0.3) is 5.69 Å². The van der Waals surface area contributed by atoms with E-state index >= 15 is 0 Å². The third-order valence-electron chi connectivity index (χ3n) is 2.84. The van der Waals surface area contributed by atoms with Crippen molar-refractivity contribution < 1.29 is 9.66 Å². The van der Waals surface area contributed by atoms with Crippen molar-refractivity contribution in [1.29, 1.82) is 0 Å². The largest absolute Gasteiger partial charge is 0.497 e. The first-order valence-corrected chi connectivity index (χ1v) is 7.45. The summed E-state index contributed by atoms with van der Waals surface area (Å²) in [4.78, 5) is 12.4. The number of hydrogen-bond acceptors (Lipinski definition) is 7. The minimum absolute atomic E-state index is 0.0159. The number of non-ortho nitro benzene ring substituents is 1. The Morgan fingerprint density at radius 1 is 1.14 bits per heavy atom. The molecular weight excluding hydrogens is 310 g/mol. The van der Waals surface area contributed by atoms with Crippen molar-refractivity contribution in [2.24, 2.45) is 0 Å². The van der Waals surface area contributed by atoms with Crippen molar-refractivity contribution in [2.45, 2.75) is 9.79 Å². The number of aromatic nitrogens is 2. The molecule has 0 amide bonds. The molecule has 0 N–H and O–H groups in total. The van der Waals surface area contributed by atoms with Gasteiger partial charge in [0.05, 0.1) is 23.8 Å². The van der Waals surface area contributed by atoms with Gasteiger partial charge in [0, 0.05) is 15.9 Å². The molecule has 0 aliphatic rings. The Bertz CT molecular complexity index is 802. The van der Waals surface area contributed by atoms with Gasteiger partial charge in [-0.1, -0.05) is 11.8 Å². The van der Waals surface area contributed by atoms with E-state index < -0.39 is 4.92 Å². The van der Waals surface area contributed by atoms with Crippen LogP contribution in [0.2, 0.25) is 0 Å². The van der Waals surface area contributed by atoms with Gasteiger partial charge in [-0.3, -0.25) is 10.1 Å². The lowest BCUT2D eigenvalue weighted by Gasteiger charge is -2.04. The first kappa shape index (κ1) is 13.8. The number of methoxy groups -OCH3 is 1. The summed E-state index contributed by atoms with van der Waals surface area (Å²) in [5, 5.41) is 11.0. The molecule has 3 aromatic rings. The molecule has 0 bridgehead atoms. The Balaban J connectivity index is 1.99. The van der Waals surface area contributed by atoms with Crippen molar-refractivity contribution in [3.8, 4) is 5.75 Å². The maximum Gasteiger partial charge on any atom is 0.298 e. The highest BCUT2D eigenvalue weighted by molar-refractivity contribution is 7.99. The Morgan fingerprint density at radius 3 is 2.52 bits per heavy atom. The van der Waals surface area contributed by atoms with Crippen LogP contribution in [0.4, 0.5) is 5.69 Å². The van der Waals surface area contributed by atoms with Gasteiger partial charge in [0.15, 0.2) is 5.52 Å². The van der Waals surface area contributed by atoms with Crippen LogP contribution in [0, 0.1) is 10.1 Å². The predicted molar refractivity (Wildman–Crippen MR) is 81.2 cm³/mol. The number of hydrogen-bond donors (Lipinski definition) is 0. The maximum absolute atomic E-state index is 11.0. The van der Waals surface area contributed by atoms with Crippen molar-refractivity contribution in [3.05, 3.63) is 46.5 Å². The van der Waals surface area contributed by atoms with Crippen LogP contribution in [-0.2, 0) is 0 Å². The Kier molecular flexibility index (Phi) is 3.72. The van der Waals surface area contributed by atoms with E-state index in [1.165, 1.54) is 17.8 Å². The van der Waals surface area contributed by atoms with Gasteiger partial charge in [0.2, 0.25) is 0 Å². The van der Waals surface area contributed by atoms with Crippen LogP contribution in [0.15, 0.2) is 46.2 Å². The van der Waals surface area contributed by atoms with E-state index in [4.69, 9.17) is 4.74 Å². The first-order valence-electron chi connectivity index (χ1n) is 5.90. The molecule has 0 unspecified atom stereocenters. The van der Waals surface area contributed by atoms with Crippen molar-refractivity contribution in [1.82, 2.24) is 8.75 Å². The van der Waals surface area contributed by atoms with Crippen molar-refractivity contribution in [2.75, 3.05) is 7.11 Å². The van der Waals surface area contributed by atoms with E-state index in [0.717, 1.165) is 27.3 Å². The van der Waals surface area contributed by atoms with Gasteiger partial charge >= 0.3 is 0 Å². The molecule has 21 heavy (non-hydrogen) atoms. The lowest BCUT2D eigenvalue weighted by Crippen LogP contribution is -1.90. The monoisotopic (exact) mass is 319 g/mol. The topological polar surface area (TPSA) is 78.2 Å². The van der Waals surface area contributed by atoms with Gasteiger partial charge < -0.3 is 4.74 Å². The molecule has 106 valence electrons. The zero-order valence-corrected chi connectivity index (χ0v) is 12.5. The minimum atomic E-state index is -0.439. The highest BCUT2D eigenvalue weighted by Gasteiger charge is 2.18. The summed E-state index contributed by atoms with van der Waals surface area (Å²) in [6.45, 7) is 0. The molecule has 0 atom stereocenters. The van der Waals surface area contributed by atoms with Gasteiger partial charge in [0.1, 0.15) is 11.3 Å². The van der Waals surface area contributed by atoms with Crippen LogP contribution in [-0.4, -0.2) is 20.8 Å². The fourth-order valence-corrected chi connectivity index (χ4v) is 3.36. The molecule has 6 nitrogen and oxygen atoms in total. The summed E-state index contributed by atoms with van der Waals surface area (Å²) in [7, 11) is 1.61. The van der Waals surface area contributed by atoms with Gasteiger partial charge in [-0.25, -0.2) is 0 Å². The van der Waals surface area contributed by atoms with Gasteiger partial charge in [-0.15, -0.1) is 0 Å². The first-order chi connectivity index (χ1) is 10.2. The van der Waals surface area contributed by atoms with E-state index in [0.29, 0.717) is 11.0 Å². The number of benzene rings is 2. The Morgan fingerprint density at radius 2 is 1.86 bits per heavy atom.